The molecule has 0 saturated heterocycles. The SMILES string of the molecule is CC(O)C(NC(=O)C(CCC(=O)O)NC(=O)C(Cc1ccc(O)cc1)NC(=O)C(N)Cc1c[nH]c2ccccc12)C(=O)O. The zero-order valence-electron chi connectivity index (χ0n) is 23.3. The minimum atomic E-state index is -1.72. The first kappa shape index (κ1) is 32.6. The van der Waals surface area contributed by atoms with Crippen LogP contribution in [0.25, 0.3) is 10.9 Å². The Morgan fingerprint density at radius 2 is 1.49 bits per heavy atom. The van der Waals surface area contributed by atoms with Gasteiger partial charge >= 0.3 is 11.9 Å². The van der Waals surface area contributed by atoms with Crippen LogP contribution in [0.3, 0.4) is 0 Å². The number of aliphatic hydroxyl groups excluding tert-OH is 1. The third kappa shape index (κ3) is 9.28. The number of H-pyrrole nitrogens is 1. The predicted octanol–water partition coefficient (Wildman–Crippen LogP) is -0.229. The highest BCUT2D eigenvalue weighted by molar-refractivity contribution is 5.95. The summed E-state index contributed by atoms with van der Waals surface area (Å²) in [6, 6.07) is 7.71. The Morgan fingerprint density at radius 1 is 0.860 bits per heavy atom. The molecule has 1 heterocycles. The fourth-order valence-electron chi connectivity index (χ4n) is 4.44. The Hall–Kier alpha value is -4.95. The van der Waals surface area contributed by atoms with Crippen LogP contribution in [0, 0.1) is 0 Å². The molecule has 1 aromatic heterocycles. The van der Waals surface area contributed by atoms with Crippen LogP contribution in [0.5, 0.6) is 5.75 Å². The molecule has 3 aromatic rings. The molecular formula is C29H35N5O9. The number of carboxylic acid groups (broad SMARTS) is 2. The van der Waals surface area contributed by atoms with Gasteiger partial charge in [0.25, 0.3) is 0 Å². The lowest BCUT2D eigenvalue weighted by atomic mass is 10.0. The maximum atomic E-state index is 13.5. The molecular weight excluding hydrogens is 562 g/mol. The average molecular weight is 598 g/mol. The predicted molar refractivity (Wildman–Crippen MR) is 154 cm³/mol. The number of rotatable bonds is 15. The van der Waals surface area contributed by atoms with E-state index in [-0.39, 0.29) is 18.6 Å². The quantitative estimate of drug-likeness (QED) is 0.111. The summed E-state index contributed by atoms with van der Waals surface area (Å²) in [6.45, 7) is 1.15. The number of nitrogens with one attached hydrogen (secondary N) is 4. The van der Waals surface area contributed by atoms with Gasteiger partial charge in [-0.25, -0.2) is 4.79 Å². The number of carbonyl (C=O) groups excluding carboxylic acids is 3. The van der Waals surface area contributed by atoms with Crippen LogP contribution in [0.1, 0.15) is 30.9 Å². The van der Waals surface area contributed by atoms with Crippen LogP contribution in [-0.2, 0) is 36.8 Å². The molecule has 0 spiro atoms. The van der Waals surface area contributed by atoms with E-state index >= 15 is 0 Å². The topological polar surface area (TPSA) is 244 Å². The number of para-hydroxylation sites is 1. The third-order valence-electron chi connectivity index (χ3n) is 6.79. The molecule has 10 N–H and O–H groups in total. The van der Waals surface area contributed by atoms with Crippen molar-refractivity contribution in [3.63, 3.8) is 0 Å². The summed E-state index contributed by atoms with van der Waals surface area (Å²) in [6.07, 6.45) is -0.646. The third-order valence-corrected chi connectivity index (χ3v) is 6.79. The Bertz CT molecular complexity index is 1450. The Kier molecular flexibility index (Phi) is 11.2. The molecule has 0 bridgehead atoms. The van der Waals surface area contributed by atoms with E-state index in [0.717, 1.165) is 23.4 Å². The molecule has 3 rings (SSSR count). The van der Waals surface area contributed by atoms with Crippen molar-refractivity contribution in [3.05, 3.63) is 65.9 Å². The number of hydrogen-bond acceptors (Lipinski definition) is 8. The second kappa shape index (κ2) is 14.8. The van der Waals surface area contributed by atoms with E-state index in [2.05, 4.69) is 20.9 Å². The van der Waals surface area contributed by atoms with E-state index in [4.69, 9.17) is 10.8 Å². The minimum absolute atomic E-state index is 0.0222. The summed E-state index contributed by atoms with van der Waals surface area (Å²) in [4.78, 5) is 65.3. The van der Waals surface area contributed by atoms with Gasteiger partial charge in [0.05, 0.1) is 12.1 Å². The van der Waals surface area contributed by atoms with E-state index in [0.29, 0.717) is 5.56 Å². The molecule has 0 radical (unpaired) electrons. The number of benzene rings is 2. The standard InChI is InChI=1S/C29H35N5O9/c1-15(35)25(29(42)43)34-27(40)22(10-11-24(37)38)32-28(41)23(12-16-6-8-18(36)9-7-16)33-26(39)20(30)13-17-14-31-21-5-3-2-4-19(17)21/h2-9,14-15,20,22-23,25,31,35-36H,10-13,30H2,1H3,(H,32,41)(H,33,39)(H,34,40)(H,37,38)(H,42,43). The van der Waals surface area contributed by atoms with Gasteiger partial charge in [-0.2, -0.15) is 0 Å². The van der Waals surface area contributed by atoms with Crippen LogP contribution in [0.4, 0.5) is 0 Å². The van der Waals surface area contributed by atoms with Crippen molar-refractivity contribution in [2.45, 2.75) is 62.9 Å². The maximum Gasteiger partial charge on any atom is 0.328 e. The van der Waals surface area contributed by atoms with E-state index in [1.807, 2.05) is 24.3 Å². The fraction of sp³-hybridized carbons (Fsp3) is 0.345. The molecule has 43 heavy (non-hydrogen) atoms. The van der Waals surface area contributed by atoms with Gasteiger partial charge in [-0.15, -0.1) is 0 Å². The lowest BCUT2D eigenvalue weighted by Crippen LogP contribution is -2.58. The Morgan fingerprint density at radius 3 is 2.12 bits per heavy atom. The summed E-state index contributed by atoms with van der Waals surface area (Å²) in [5.41, 5.74) is 8.39. The largest absolute Gasteiger partial charge is 0.508 e. The number of amides is 3. The summed E-state index contributed by atoms with van der Waals surface area (Å²) < 4.78 is 0. The molecule has 230 valence electrons. The average Bonchev–Trinajstić information content (AvgIpc) is 3.36. The van der Waals surface area contributed by atoms with Gasteiger partial charge in [0.15, 0.2) is 6.04 Å². The van der Waals surface area contributed by atoms with Crippen LogP contribution < -0.4 is 21.7 Å². The monoisotopic (exact) mass is 597 g/mol. The highest BCUT2D eigenvalue weighted by atomic mass is 16.4. The number of phenolic OH excluding ortho intramolecular Hbond substituents is 1. The lowest BCUT2D eigenvalue weighted by molar-refractivity contribution is -0.145. The van der Waals surface area contributed by atoms with Crippen molar-refractivity contribution in [1.29, 1.82) is 0 Å². The van der Waals surface area contributed by atoms with Crippen molar-refractivity contribution in [2.24, 2.45) is 5.73 Å². The zero-order chi connectivity index (χ0) is 31.7. The summed E-state index contributed by atoms with van der Waals surface area (Å²) in [5, 5.41) is 45.8. The molecule has 0 saturated carbocycles. The number of fused-ring (bicyclic) bond motifs is 1. The highest BCUT2D eigenvalue weighted by Crippen LogP contribution is 2.19. The van der Waals surface area contributed by atoms with E-state index in [9.17, 15) is 39.3 Å². The summed E-state index contributed by atoms with van der Waals surface area (Å²) >= 11 is 0. The maximum absolute atomic E-state index is 13.5. The zero-order valence-corrected chi connectivity index (χ0v) is 23.3. The van der Waals surface area contributed by atoms with Gasteiger partial charge in [0.2, 0.25) is 17.7 Å². The van der Waals surface area contributed by atoms with Gasteiger partial charge in [0, 0.05) is 29.9 Å². The van der Waals surface area contributed by atoms with Gasteiger partial charge in [-0.05, 0) is 49.1 Å². The molecule has 0 aliphatic rings. The second-order valence-corrected chi connectivity index (χ2v) is 10.2. The van der Waals surface area contributed by atoms with Crippen molar-refractivity contribution < 1.29 is 44.4 Å². The van der Waals surface area contributed by atoms with E-state index in [1.165, 1.54) is 24.3 Å². The minimum Gasteiger partial charge on any atom is -0.508 e. The van der Waals surface area contributed by atoms with Crippen LogP contribution in [0.15, 0.2) is 54.7 Å². The number of aliphatic carboxylic acids is 2. The molecule has 14 nitrogen and oxygen atoms in total. The second-order valence-electron chi connectivity index (χ2n) is 10.2. The Balaban J connectivity index is 1.81. The number of phenols is 1. The normalized spacial score (nSPS) is 14.6. The number of aromatic hydroxyl groups is 1. The first-order valence-corrected chi connectivity index (χ1v) is 13.5. The molecule has 14 heteroatoms. The smallest absolute Gasteiger partial charge is 0.328 e. The van der Waals surface area contributed by atoms with Crippen molar-refractivity contribution in [3.8, 4) is 5.75 Å². The van der Waals surface area contributed by atoms with E-state index < -0.39 is 72.8 Å². The number of aromatic amines is 1. The van der Waals surface area contributed by atoms with Crippen molar-refractivity contribution in [1.82, 2.24) is 20.9 Å². The molecule has 3 amide bonds. The molecule has 0 aliphatic heterocycles. The molecule has 2 aromatic carbocycles. The van der Waals surface area contributed by atoms with Gasteiger partial charge in [-0.1, -0.05) is 30.3 Å². The molecule has 0 fully saturated rings. The van der Waals surface area contributed by atoms with Crippen molar-refractivity contribution >= 4 is 40.6 Å². The summed E-state index contributed by atoms with van der Waals surface area (Å²) in [5.74, 6) is -5.39. The van der Waals surface area contributed by atoms with E-state index in [1.54, 1.807) is 6.20 Å². The lowest BCUT2D eigenvalue weighted by Gasteiger charge is -2.25. The summed E-state index contributed by atoms with van der Waals surface area (Å²) in [7, 11) is 0. The number of carboxylic acids is 2. The van der Waals surface area contributed by atoms with Gasteiger partial charge in [0.1, 0.15) is 17.8 Å². The van der Waals surface area contributed by atoms with Gasteiger partial charge < -0.3 is 47.1 Å². The van der Waals surface area contributed by atoms with Gasteiger partial charge in [-0.3, -0.25) is 19.2 Å². The number of carbonyl (C=O) groups is 5. The number of hydrogen-bond donors (Lipinski definition) is 9. The number of aromatic nitrogens is 1. The van der Waals surface area contributed by atoms with Crippen LogP contribution in [0.2, 0.25) is 0 Å². The fourth-order valence-corrected chi connectivity index (χ4v) is 4.44. The first-order valence-electron chi connectivity index (χ1n) is 13.5. The Labute approximate surface area is 246 Å². The van der Waals surface area contributed by atoms with Crippen molar-refractivity contribution in [2.75, 3.05) is 0 Å². The number of aliphatic hydroxyl groups is 1. The van der Waals surface area contributed by atoms with Crippen LogP contribution >= 0.6 is 0 Å². The first-order chi connectivity index (χ1) is 20.3. The molecule has 5 unspecified atom stereocenters. The number of nitrogens with two attached hydrogens (primary N) is 1. The highest BCUT2D eigenvalue weighted by Gasteiger charge is 2.32. The molecule has 0 aliphatic carbocycles. The molecule has 5 atom stereocenters. The van der Waals surface area contributed by atoms with Crippen LogP contribution in [-0.4, -0.2) is 85.3 Å².